The van der Waals surface area contributed by atoms with Crippen molar-refractivity contribution in [2.75, 3.05) is 5.32 Å². The zero-order valence-electron chi connectivity index (χ0n) is 9.39. The molecule has 0 bridgehead atoms. The van der Waals surface area contributed by atoms with Crippen LogP contribution in [0.1, 0.15) is 13.8 Å². The van der Waals surface area contributed by atoms with Crippen molar-refractivity contribution in [3.63, 3.8) is 0 Å². The lowest BCUT2D eigenvalue weighted by molar-refractivity contribution is 0.819. The molecule has 0 radical (unpaired) electrons. The van der Waals surface area contributed by atoms with Gasteiger partial charge in [0.1, 0.15) is 0 Å². The minimum atomic E-state index is 0.154. The van der Waals surface area contributed by atoms with Crippen LogP contribution in [0, 0.1) is 0 Å². The number of hydrogen-bond acceptors (Lipinski definition) is 2. The second kappa shape index (κ2) is 6.72. The van der Waals surface area contributed by atoms with Gasteiger partial charge in [0.25, 0.3) is 0 Å². The highest BCUT2D eigenvalue weighted by atomic mass is 79.9. The number of rotatable bonds is 2. The molecule has 0 atom stereocenters. The summed E-state index contributed by atoms with van der Waals surface area (Å²) in [5, 5.41) is 3.12. The van der Waals surface area contributed by atoms with E-state index >= 15 is 0 Å². The van der Waals surface area contributed by atoms with Crippen LogP contribution in [0.15, 0.2) is 30.5 Å². The molecule has 4 nitrogen and oxygen atoms in total. The van der Waals surface area contributed by atoms with Crippen LogP contribution in [0.3, 0.4) is 0 Å². The topological polar surface area (TPSA) is 62.4 Å². The molecular formula is C10H13Br3N4. The third-order valence-corrected chi connectivity index (χ3v) is 3.48. The van der Waals surface area contributed by atoms with Gasteiger partial charge in [-0.1, -0.05) is 15.9 Å². The second-order valence-electron chi connectivity index (χ2n) is 3.59. The molecule has 0 spiro atoms. The van der Waals surface area contributed by atoms with Crippen molar-refractivity contribution in [2.24, 2.45) is 10.8 Å². The third-order valence-electron chi connectivity index (χ3n) is 1.77. The van der Waals surface area contributed by atoms with Gasteiger partial charge in [0, 0.05) is 19.5 Å². The van der Waals surface area contributed by atoms with Gasteiger partial charge in [0.2, 0.25) is 5.96 Å². The van der Waals surface area contributed by atoms with Crippen molar-refractivity contribution in [3.05, 3.63) is 25.6 Å². The molecule has 7 heteroatoms. The Balaban J connectivity index is 3.02. The van der Waals surface area contributed by atoms with Crippen molar-refractivity contribution in [1.29, 1.82) is 0 Å². The van der Waals surface area contributed by atoms with Crippen LogP contribution in [0.2, 0.25) is 0 Å². The molecule has 0 heterocycles. The number of nitrogens with two attached hydrogens (primary N) is 1. The highest BCUT2D eigenvalue weighted by molar-refractivity contribution is 9.11. The normalized spacial score (nSPS) is 11.8. The quantitative estimate of drug-likeness (QED) is 0.292. The summed E-state index contributed by atoms with van der Waals surface area (Å²) in [4.78, 5) is 4.31. The van der Waals surface area contributed by atoms with Gasteiger partial charge in [-0.25, -0.2) is 10.8 Å². The summed E-state index contributed by atoms with van der Waals surface area (Å²) >= 11 is 10.4. The van der Waals surface area contributed by atoms with Crippen molar-refractivity contribution in [3.8, 4) is 0 Å². The van der Waals surface area contributed by atoms with Crippen LogP contribution >= 0.6 is 47.8 Å². The summed E-state index contributed by atoms with van der Waals surface area (Å²) in [7, 11) is 0. The molecule has 1 aromatic carbocycles. The van der Waals surface area contributed by atoms with E-state index in [1.54, 1.807) is 0 Å². The predicted molar refractivity (Wildman–Crippen MR) is 83.1 cm³/mol. The van der Waals surface area contributed by atoms with Crippen molar-refractivity contribution in [1.82, 2.24) is 5.43 Å². The maximum absolute atomic E-state index is 5.42. The highest BCUT2D eigenvalue weighted by Gasteiger charge is 2.09. The van der Waals surface area contributed by atoms with E-state index in [-0.39, 0.29) is 6.04 Å². The maximum Gasteiger partial charge on any atom is 0.210 e. The van der Waals surface area contributed by atoms with Gasteiger partial charge in [0.05, 0.1) is 5.69 Å². The fourth-order valence-electron chi connectivity index (χ4n) is 1.14. The second-order valence-corrected chi connectivity index (χ2v) is 6.21. The van der Waals surface area contributed by atoms with E-state index in [0.29, 0.717) is 5.96 Å². The Bertz CT molecular complexity index is 409. The highest BCUT2D eigenvalue weighted by Crippen LogP contribution is 2.34. The molecule has 0 aromatic heterocycles. The van der Waals surface area contributed by atoms with Crippen LogP contribution < -0.4 is 16.6 Å². The van der Waals surface area contributed by atoms with E-state index in [9.17, 15) is 0 Å². The average Bonchev–Trinajstić information content (AvgIpc) is 2.20. The smallest absolute Gasteiger partial charge is 0.210 e. The molecule has 0 unspecified atom stereocenters. The van der Waals surface area contributed by atoms with E-state index in [0.717, 1.165) is 19.1 Å². The van der Waals surface area contributed by atoms with Gasteiger partial charge >= 0.3 is 0 Å². The number of halogens is 3. The standard InChI is InChI=1S/C10H13Br3N4/c1-5(2)15-10(17-14)16-9-7(12)3-6(11)4-8(9)13/h3-5H,14H2,1-2H3,(H2,15,16,17). The number of hydrazine groups is 1. The number of hydrogen-bond donors (Lipinski definition) is 3. The number of guanidine groups is 1. The van der Waals surface area contributed by atoms with Crippen molar-refractivity contribution < 1.29 is 0 Å². The Labute approximate surface area is 126 Å². The molecule has 0 saturated carbocycles. The average molecular weight is 429 g/mol. The SMILES string of the molecule is CC(C)N=C(NN)Nc1c(Br)cc(Br)cc1Br. The van der Waals surface area contributed by atoms with Gasteiger partial charge in [-0.3, -0.25) is 5.43 Å². The van der Waals surface area contributed by atoms with Gasteiger partial charge in [-0.2, -0.15) is 0 Å². The van der Waals surface area contributed by atoms with Crippen molar-refractivity contribution >= 4 is 59.4 Å². The van der Waals surface area contributed by atoms with Crippen LogP contribution in [-0.4, -0.2) is 12.0 Å². The first-order valence-corrected chi connectivity index (χ1v) is 7.28. The first-order valence-electron chi connectivity index (χ1n) is 4.90. The summed E-state index contributed by atoms with van der Waals surface area (Å²) in [6.07, 6.45) is 0. The van der Waals surface area contributed by atoms with Gasteiger partial charge < -0.3 is 5.32 Å². The monoisotopic (exact) mass is 426 g/mol. The molecule has 0 amide bonds. The zero-order valence-corrected chi connectivity index (χ0v) is 14.1. The first kappa shape index (κ1) is 14.9. The van der Waals surface area contributed by atoms with E-state index in [1.807, 2.05) is 26.0 Å². The van der Waals surface area contributed by atoms with E-state index in [1.165, 1.54) is 0 Å². The lowest BCUT2D eigenvalue weighted by Crippen LogP contribution is -2.37. The molecule has 0 aliphatic heterocycles. The molecule has 1 aromatic rings. The van der Waals surface area contributed by atoms with Gasteiger partial charge in [-0.15, -0.1) is 0 Å². The zero-order chi connectivity index (χ0) is 13.0. The van der Waals surface area contributed by atoms with Crippen LogP contribution in [-0.2, 0) is 0 Å². The Morgan fingerprint density at radius 1 is 1.24 bits per heavy atom. The summed E-state index contributed by atoms with van der Waals surface area (Å²) in [5.41, 5.74) is 3.40. The number of benzene rings is 1. The van der Waals surface area contributed by atoms with Gasteiger partial charge in [0.15, 0.2) is 0 Å². The minimum Gasteiger partial charge on any atom is -0.323 e. The molecule has 4 N–H and O–H groups in total. The molecule has 0 aliphatic carbocycles. The number of aliphatic imine (C=N–C) groups is 1. The minimum absolute atomic E-state index is 0.154. The summed E-state index contributed by atoms with van der Waals surface area (Å²) in [5.74, 6) is 5.93. The number of nitrogens with one attached hydrogen (secondary N) is 2. The molecule has 17 heavy (non-hydrogen) atoms. The fraction of sp³-hybridized carbons (Fsp3) is 0.300. The molecule has 0 fully saturated rings. The Kier molecular flexibility index (Phi) is 5.91. The Morgan fingerprint density at radius 2 is 1.76 bits per heavy atom. The third kappa shape index (κ3) is 4.57. The Morgan fingerprint density at radius 3 is 2.18 bits per heavy atom. The first-order chi connectivity index (χ1) is 7.93. The van der Waals surface area contributed by atoms with Crippen LogP contribution in [0.5, 0.6) is 0 Å². The lowest BCUT2D eigenvalue weighted by Gasteiger charge is -2.14. The molecule has 94 valence electrons. The molecule has 0 saturated heterocycles. The van der Waals surface area contributed by atoms with Crippen molar-refractivity contribution in [2.45, 2.75) is 19.9 Å². The molecule has 1 rings (SSSR count). The molecule has 0 aliphatic rings. The number of anilines is 1. The summed E-state index contributed by atoms with van der Waals surface area (Å²) < 4.78 is 2.79. The number of nitrogens with zero attached hydrogens (tertiary/aromatic N) is 1. The lowest BCUT2D eigenvalue weighted by atomic mass is 10.3. The Hall–Kier alpha value is -0.110. The fourth-order valence-corrected chi connectivity index (χ4v) is 3.60. The van der Waals surface area contributed by atoms with E-state index in [2.05, 4.69) is 63.5 Å². The molecular weight excluding hydrogens is 416 g/mol. The van der Waals surface area contributed by atoms with E-state index in [4.69, 9.17) is 5.84 Å². The van der Waals surface area contributed by atoms with Crippen LogP contribution in [0.25, 0.3) is 0 Å². The van der Waals surface area contributed by atoms with E-state index < -0.39 is 0 Å². The summed E-state index contributed by atoms with van der Waals surface area (Å²) in [6.45, 7) is 3.95. The van der Waals surface area contributed by atoms with Crippen LogP contribution in [0.4, 0.5) is 5.69 Å². The predicted octanol–water partition coefficient (Wildman–Crippen LogP) is 3.61. The van der Waals surface area contributed by atoms with Gasteiger partial charge in [-0.05, 0) is 57.8 Å². The largest absolute Gasteiger partial charge is 0.323 e. The maximum atomic E-state index is 5.42. The summed E-state index contributed by atoms with van der Waals surface area (Å²) in [6, 6.07) is 4.04.